The molecule has 0 aliphatic rings. The molecule has 0 saturated heterocycles. The standard InChI is InChI=1S/C23H26N2O3/c1-4-17-8-10-18(11-9-17)22(16(2)3)24-23(27)20-13-12-19(28-20)15-25-14-6-5-7-21(25)26/h5-14,16,22H,4,15H2,1-3H3,(H,24,27). The molecule has 2 heterocycles. The highest BCUT2D eigenvalue weighted by Gasteiger charge is 2.21. The van der Waals surface area contributed by atoms with E-state index in [0.717, 1.165) is 12.0 Å². The number of furan rings is 1. The summed E-state index contributed by atoms with van der Waals surface area (Å²) in [6, 6.07) is 16.6. The number of nitrogens with one attached hydrogen (secondary N) is 1. The maximum Gasteiger partial charge on any atom is 0.287 e. The van der Waals surface area contributed by atoms with Crippen molar-refractivity contribution >= 4 is 5.91 Å². The number of benzene rings is 1. The number of amides is 1. The van der Waals surface area contributed by atoms with Crippen molar-refractivity contribution in [3.63, 3.8) is 0 Å². The number of rotatable bonds is 7. The average molecular weight is 378 g/mol. The molecule has 0 radical (unpaired) electrons. The van der Waals surface area contributed by atoms with E-state index in [-0.39, 0.29) is 29.2 Å². The Morgan fingerprint density at radius 3 is 2.46 bits per heavy atom. The quantitative estimate of drug-likeness (QED) is 0.671. The number of carbonyl (C=O) groups is 1. The van der Waals surface area contributed by atoms with Gasteiger partial charge in [-0.2, -0.15) is 0 Å². The third kappa shape index (κ3) is 4.60. The van der Waals surface area contributed by atoms with Gasteiger partial charge in [-0.3, -0.25) is 9.59 Å². The zero-order valence-electron chi connectivity index (χ0n) is 16.5. The number of pyridine rings is 1. The molecule has 146 valence electrons. The van der Waals surface area contributed by atoms with Crippen molar-refractivity contribution in [3.05, 3.63) is 93.8 Å². The highest BCUT2D eigenvalue weighted by Crippen LogP contribution is 2.23. The first kappa shape index (κ1) is 19.7. The number of aryl methyl sites for hydroxylation is 1. The fourth-order valence-electron chi connectivity index (χ4n) is 3.15. The van der Waals surface area contributed by atoms with E-state index in [1.54, 1.807) is 30.5 Å². The first-order valence-corrected chi connectivity index (χ1v) is 9.61. The van der Waals surface area contributed by atoms with Crippen molar-refractivity contribution in [2.24, 2.45) is 5.92 Å². The molecule has 5 heteroatoms. The summed E-state index contributed by atoms with van der Waals surface area (Å²) in [5.74, 6) is 0.778. The van der Waals surface area contributed by atoms with Crippen LogP contribution < -0.4 is 10.9 Å². The van der Waals surface area contributed by atoms with Crippen LogP contribution in [0.3, 0.4) is 0 Å². The van der Waals surface area contributed by atoms with E-state index in [9.17, 15) is 9.59 Å². The fraction of sp³-hybridized carbons (Fsp3) is 0.304. The van der Waals surface area contributed by atoms with Gasteiger partial charge in [-0.05, 0) is 41.7 Å². The van der Waals surface area contributed by atoms with E-state index in [4.69, 9.17) is 4.42 Å². The van der Waals surface area contributed by atoms with Gasteiger partial charge in [0, 0.05) is 12.3 Å². The molecular formula is C23H26N2O3. The van der Waals surface area contributed by atoms with Crippen molar-refractivity contribution in [2.45, 2.75) is 39.8 Å². The van der Waals surface area contributed by atoms with Gasteiger partial charge in [-0.25, -0.2) is 0 Å². The van der Waals surface area contributed by atoms with Gasteiger partial charge in [0.1, 0.15) is 5.76 Å². The van der Waals surface area contributed by atoms with Gasteiger partial charge in [0.25, 0.3) is 11.5 Å². The monoisotopic (exact) mass is 378 g/mol. The number of hydrogen-bond acceptors (Lipinski definition) is 3. The van der Waals surface area contributed by atoms with E-state index in [0.29, 0.717) is 12.3 Å². The molecule has 0 spiro atoms. The summed E-state index contributed by atoms with van der Waals surface area (Å²) < 4.78 is 7.22. The summed E-state index contributed by atoms with van der Waals surface area (Å²) in [5.41, 5.74) is 2.23. The molecule has 1 atom stereocenters. The maximum atomic E-state index is 12.7. The summed E-state index contributed by atoms with van der Waals surface area (Å²) in [7, 11) is 0. The first-order chi connectivity index (χ1) is 13.5. The molecule has 0 aliphatic heterocycles. The second-order valence-electron chi connectivity index (χ2n) is 7.22. The summed E-state index contributed by atoms with van der Waals surface area (Å²) in [6.45, 7) is 6.57. The van der Waals surface area contributed by atoms with Crippen LogP contribution in [0, 0.1) is 5.92 Å². The van der Waals surface area contributed by atoms with Crippen LogP contribution in [-0.2, 0) is 13.0 Å². The normalized spacial score (nSPS) is 12.1. The Hall–Kier alpha value is -3.08. The Morgan fingerprint density at radius 1 is 1.07 bits per heavy atom. The van der Waals surface area contributed by atoms with Gasteiger partial charge in [0.05, 0.1) is 12.6 Å². The molecule has 0 fully saturated rings. The third-order valence-electron chi connectivity index (χ3n) is 4.81. The number of hydrogen-bond donors (Lipinski definition) is 1. The summed E-state index contributed by atoms with van der Waals surface area (Å²) in [6.07, 6.45) is 2.68. The smallest absolute Gasteiger partial charge is 0.287 e. The number of carbonyl (C=O) groups excluding carboxylic acids is 1. The number of nitrogens with zero attached hydrogens (tertiary/aromatic N) is 1. The Balaban J connectivity index is 1.73. The molecule has 1 N–H and O–H groups in total. The predicted octanol–water partition coefficient (Wildman–Crippen LogP) is 4.18. The molecule has 3 rings (SSSR count). The SMILES string of the molecule is CCc1ccc(C(NC(=O)c2ccc(Cn3ccccc3=O)o2)C(C)C)cc1. The van der Waals surface area contributed by atoms with Gasteiger partial charge in [0.2, 0.25) is 0 Å². The van der Waals surface area contributed by atoms with E-state index >= 15 is 0 Å². The Bertz CT molecular complexity index is 983. The van der Waals surface area contributed by atoms with Gasteiger partial charge in [-0.1, -0.05) is 51.1 Å². The molecule has 3 aromatic rings. The molecule has 0 aliphatic carbocycles. The second-order valence-corrected chi connectivity index (χ2v) is 7.22. The van der Waals surface area contributed by atoms with E-state index in [1.165, 1.54) is 16.2 Å². The Labute approximate surface area is 165 Å². The summed E-state index contributed by atoms with van der Waals surface area (Å²) in [4.78, 5) is 24.5. The molecular weight excluding hydrogens is 352 g/mol. The summed E-state index contributed by atoms with van der Waals surface area (Å²) in [5, 5.41) is 3.07. The molecule has 2 aromatic heterocycles. The van der Waals surface area contributed by atoms with Crippen LogP contribution in [0.5, 0.6) is 0 Å². The maximum absolute atomic E-state index is 12.7. The Kier molecular flexibility index (Phi) is 6.14. The highest BCUT2D eigenvalue weighted by molar-refractivity contribution is 5.91. The molecule has 1 aromatic carbocycles. The predicted molar refractivity (Wildman–Crippen MR) is 109 cm³/mol. The second kappa shape index (κ2) is 8.74. The van der Waals surface area contributed by atoms with Crippen LogP contribution in [0.4, 0.5) is 0 Å². The van der Waals surface area contributed by atoms with Crippen LogP contribution in [0.15, 0.2) is 70.0 Å². The molecule has 5 nitrogen and oxygen atoms in total. The molecule has 0 bridgehead atoms. The van der Waals surface area contributed by atoms with Crippen LogP contribution >= 0.6 is 0 Å². The lowest BCUT2D eigenvalue weighted by Gasteiger charge is -2.22. The molecule has 1 amide bonds. The lowest BCUT2D eigenvalue weighted by molar-refractivity contribution is 0.0895. The average Bonchev–Trinajstić information content (AvgIpc) is 3.16. The first-order valence-electron chi connectivity index (χ1n) is 9.61. The Morgan fingerprint density at radius 2 is 1.82 bits per heavy atom. The fourth-order valence-corrected chi connectivity index (χ4v) is 3.15. The van der Waals surface area contributed by atoms with Crippen molar-refractivity contribution < 1.29 is 9.21 Å². The number of aromatic nitrogens is 1. The van der Waals surface area contributed by atoms with E-state index < -0.39 is 0 Å². The van der Waals surface area contributed by atoms with Crippen molar-refractivity contribution in [2.75, 3.05) is 0 Å². The molecule has 28 heavy (non-hydrogen) atoms. The zero-order valence-corrected chi connectivity index (χ0v) is 16.5. The lowest BCUT2D eigenvalue weighted by atomic mass is 9.95. The van der Waals surface area contributed by atoms with Crippen molar-refractivity contribution in [1.29, 1.82) is 0 Å². The minimum Gasteiger partial charge on any atom is -0.454 e. The van der Waals surface area contributed by atoms with Gasteiger partial charge < -0.3 is 14.3 Å². The molecule has 1 unspecified atom stereocenters. The topological polar surface area (TPSA) is 64.2 Å². The van der Waals surface area contributed by atoms with E-state index in [2.05, 4.69) is 50.4 Å². The van der Waals surface area contributed by atoms with E-state index in [1.807, 2.05) is 0 Å². The largest absolute Gasteiger partial charge is 0.454 e. The van der Waals surface area contributed by atoms with Crippen LogP contribution in [0.1, 0.15) is 54.3 Å². The van der Waals surface area contributed by atoms with Crippen molar-refractivity contribution in [3.8, 4) is 0 Å². The molecule has 0 saturated carbocycles. The highest BCUT2D eigenvalue weighted by atomic mass is 16.4. The minimum absolute atomic E-state index is 0.108. The van der Waals surface area contributed by atoms with Crippen LogP contribution in [-0.4, -0.2) is 10.5 Å². The lowest BCUT2D eigenvalue weighted by Crippen LogP contribution is -2.31. The third-order valence-corrected chi connectivity index (χ3v) is 4.81. The summed E-state index contributed by atoms with van der Waals surface area (Å²) >= 11 is 0. The van der Waals surface area contributed by atoms with Crippen molar-refractivity contribution in [1.82, 2.24) is 9.88 Å². The van der Waals surface area contributed by atoms with Crippen LogP contribution in [0.25, 0.3) is 0 Å². The zero-order chi connectivity index (χ0) is 20.1. The minimum atomic E-state index is -0.259. The van der Waals surface area contributed by atoms with Gasteiger partial charge >= 0.3 is 0 Å². The van der Waals surface area contributed by atoms with Gasteiger partial charge in [0.15, 0.2) is 5.76 Å². The van der Waals surface area contributed by atoms with Gasteiger partial charge in [-0.15, -0.1) is 0 Å². The van der Waals surface area contributed by atoms with Crippen LogP contribution in [0.2, 0.25) is 0 Å².